The van der Waals surface area contributed by atoms with Crippen molar-refractivity contribution >= 4 is 34.9 Å². The van der Waals surface area contributed by atoms with Crippen LogP contribution in [0, 0.1) is 6.92 Å². The monoisotopic (exact) mass is 426 g/mol. The minimum Gasteiger partial charge on any atom is -0.352 e. The number of hydrogen-bond donors (Lipinski definition) is 0. The molecule has 148 valence electrons. The van der Waals surface area contributed by atoms with Crippen molar-refractivity contribution in [3.8, 4) is 11.3 Å². The molecular weight excluding hydrogens is 407 g/mol. The van der Waals surface area contributed by atoms with E-state index in [1.807, 2.05) is 24.3 Å². The van der Waals surface area contributed by atoms with Crippen LogP contribution >= 0.6 is 23.2 Å². The second-order valence-electron chi connectivity index (χ2n) is 7.05. The quantitative estimate of drug-likeness (QED) is 0.607. The van der Waals surface area contributed by atoms with Gasteiger partial charge in [0.25, 0.3) is 5.91 Å². The molecule has 1 saturated heterocycles. The Morgan fingerprint density at radius 3 is 2.24 bits per heavy atom. The van der Waals surface area contributed by atoms with E-state index in [0.717, 1.165) is 17.1 Å². The Hall–Kier alpha value is -2.63. The van der Waals surface area contributed by atoms with Gasteiger partial charge in [-0.05, 0) is 37.3 Å². The summed E-state index contributed by atoms with van der Waals surface area (Å²) in [6.45, 7) is 4.63. The molecule has 1 aliphatic rings. The standard InChI is InChI=1S/C22H20Cl2N4O/c1-15-2-4-16(5-3-15)20-8-9-21(26-25-20)27-10-12-28(13-11-27)22(29)18-7-6-17(23)14-19(18)24/h2-9,14H,10-13H2,1H3. The van der Waals surface area contributed by atoms with Crippen molar-refractivity contribution in [3.63, 3.8) is 0 Å². The van der Waals surface area contributed by atoms with E-state index in [-0.39, 0.29) is 5.91 Å². The van der Waals surface area contributed by atoms with Crippen LogP contribution in [0.1, 0.15) is 15.9 Å². The molecule has 5 nitrogen and oxygen atoms in total. The Kier molecular flexibility index (Phi) is 5.69. The molecule has 0 atom stereocenters. The summed E-state index contributed by atoms with van der Waals surface area (Å²) < 4.78 is 0. The first-order valence-corrected chi connectivity index (χ1v) is 10.2. The molecule has 0 unspecified atom stereocenters. The summed E-state index contributed by atoms with van der Waals surface area (Å²) in [5, 5.41) is 9.66. The fourth-order valence-corrected chi connectivity index (χ4v) is 3.83. The molecule has 29 heavy (non-hydrogen) atoms. The first kappa shape index (κ1) is 19.7. The van der Waals surface area contributed by atoms with Crippen molar-refractivity contribution in [2.45, 2.75) is 6.92 Å². The summed E-state index contributed by atoms with van der Waals surface area (Å²) in [5.41, 5.74) is 3.59. The van der Waals surface area contributed by atoms with Crippen LogP contribution in [0.3, 0.4) is 0 Å². The smallest absolute Gasteiger partial charge is 0.255 e. The molecule has 2 heterocycles. The number of halogens is 2. The van der Waals surface area contributed by atoms with E-state index < -0.39 is 0 Å². The van der Waals surface area contributed by atoms with Gasteiger partial charge in [0.05, 0.1) is 16.3 Å². The number of benzene rings is 2. The predicted molar refractivity (Wildman–Crippen MR) is 117 cm³/mol. The molecule has 0 radical (unpaired) electrons. The SMILES string of the molecule is Cc1ccc(-c2ccc(N3CCN(C(=O)c4ccc(Cl)cc4Cl)CC3)nn2)cc1. The maximum Gasteiger partial charge on any atom is 0.255 e. The number of nitrogens with zero attached hydrogens (tertiary/aromatic N) is 4. The minimum atomic E-state index is -0.0767. The van der Waals surface area contributed by atoms with Gasteiger partial charge in [0, 0.05) is 36.8 Å². The molecule has 4 rings (SSSR count). The first-order chi connectivity index (χ1) is 14.0. The van der Waals surface area contributed by atoms with Gasteiger partial charge >= 0.3 is 0 Å². The Bertz CT molecular complexity index is 1010. The maximum absolute atomic E-state index is 12.8. The Balaban J connectivity index is 1.40. The van der Waals surface area contributed by atoms with Crippen LogP contribution in [0.4, 0.5) is 5.82 Å². The van der Waals surface area contributed by atoms with Crippen molar-refractivity contribution < 1.29 is 4.79 Å². The van der Waals surface area contributed by atoms with E-state index in [0.29, 0.717) is 41.8 Å². The predicted octanol–water partition coefficient (Wildman–Crippen LogP) is 4.72. The molecule has 0 bridgehead atoms. The molecular formula is C22H20Cl2N4O. The lowest BCUT2D eigenvalue weighted by Crippen LogP contribution is -2.49. The van der Waals surface area contributed by atoms with Crippen LogP contribution in [0.15, 0.2) is 54.6 Å². The van der Waals surface area contributed by atoms with E-state index in [9.17, 15) is 4.79 Å². The first-order valence-electron chi connectivity index (χ1n) is 9.41. The maximum atomic E-state index is 12.8. The van der Waals surface area contributed by atoms with E-state index in [1.54, 1.807) is 23.1 Å². The van der Waals surface area contributed by atoms with Crippen molar-refractivity contribution in [1.82, 2.24) is 15.1 Å². The van der Waals surface area contributed by atoms with Gasteiger partial charge in [-0.15, -0.1) is 10.2 Å². The van der Waals surface area contributed by atoms with Gasteiger partial charge in [0.2, 0.25) is 0 Å². The van der Waals surface area contributed by atoms with Gasteiger partial charge in [-0.3, -0.25) is 4.79 Å². The van der Waals surface area contributed by atoms with Crippen LogP contribution < -0.4 is 4.90 Å². The minimum absolute atomic E-state index is 0.0767. The molecule has 1 aliphatic heterocycles. The zero-order valence-electron chi connectivity index (χ0n) is 16.0. The highest BCUT2D eigenvalue weighted by Gasteiger charge is 2.24. The van der Waals surface area contributed by atoms with Crippen molar-refractivity contribution in [2.24, 2.45) is 0 Å². The highest BCUT2D eigenvalue weighted by Crippen LogP contribution is 2.24. The highest BCUT2D eigenvalue weighted by atomic mass is 35.5. The second-order valence-corrected chi connectivity index (χ2v) is 7.89. The van der Waals surface area contributed by atoms with Gasteiger partial charge < -0.3 is 9.80 Å². The summed E-state index contributed by atoms with van der Waals surface area (Å²) >= 11 is 12.1. The molecule has 1 amide bonds. The lowest BCUT2D eigenvalue weighted by molar-refractivity contribution is 0.0746. The van der Waals surface area contributed by atoms with Crippen molar-refractivity contribution in [3.05, 3.63) is 75.8 Å². The van der Waals surface area contributed by atoms with Gasteiger partial charge in [-0.1, -0.05) is 53.0 Å². The number of rotatable bonds is 3. The summed E-state index contributed by atoms with van der Waals surface area (Å²) in [6, 6.07) is 17.1. The third kappa shape index (κ3) is 4.36. The third-order valence-corrected chi connectivity index (χ3v) is 5.60. The Labute approximate surface area is 179 Å². The van der Waals surface area contributed by atoms with E-state index in [2.05, 4.69) is 34.2 Å². The molecule has 3 aromatic rings. The van der Waals surface area contributed by atoms with E-state index in [1.165, 1.54) is 5.56 Å². The largest absolute Gasteiger partial charge is 0.352 e. The van der Waals surface area contributed by atoms with Crippen LogP contribution in [0.2, 0.25) is 10.0 Å². The van der Waals surface area contributed by atoms with Gasteiger partial charge in [0.15, 0.2) is 5.82 Å². The number of anilines is 1. The molecule has 1 aromatic heterocycles. The lowest BCUT2D eigenvalue weighted by Gasteiger charge is -2.35. The van der Waals surface area contributed by atoms with E-state index in [4.69, 9.17) is 23.2 Å². The number of aryl methyl sites for hydroxylation is 1. The second kappa shape index (κ2) is 8.39. The number of amides is 1. The van der Waals surface area contributed by atoms with Crippen LogP contribution in [0.5, 0.6) is 0 Å². The normalized spacial score (nSPS) is 14.2. The van der Waals surface area contributed by atoms with Crippen LogP contribution in [-0.4, -0.2) is 47.2 Å². The van der Waals surface area contributed by atoms with E-state index >= 15 is 0 Å². The highest BCUT2D eigenvalue weighted by molar-refractivity contribution is 6.36. The Morgan fingerprint density at radius 2 is 1.62 bits per heavy atom. The molecule has 1 fully saturated rings. The molecule has 2 aromatic carbocycles. The summed E-state index contributed by atoms with van der Waals surface area (Å²) in [6.07, 6.45) is 0. The average Bonchev–Trinajstić information content (AvgIpc) is 2.74. The number of hydrogen-bond acceptors (Lipinski definition) is 4. The molecule has 0 N–H and O–H groups in total. The molecule has 0 aliphatic carbocycles. The fraction of sp³-hybridized carbons (Fsp3) is 0.227. The van der Waals surface area contributed by atoms with Crippen molar-refractivity contribution in [1.29, 1.82) is 0 Å². The van der Waals surface area contributed by atoms with Gasteiger partial charge in [-0.25, -0.2) is 0 Å². The van der Waals surface area contributed by atoms with Gasteiger partial charge in [0.1, 0.15) is 0 Å². The fourth-order valence-electron chi connectivity index (χ4n) is 3.34. The topological polar surface area (TPSA) is 49.3 Å². The summed E-state index contributed by atoms with van der Waals surface area (Å²) in [7, 11) is 0. The lowest BCUT2D eigenvalue weighted by atomic mass is 10.1. The molecule has 0 saturated carbocycles. The number of carbonyl (C=O) groups excluding carboxylic acids is 1. The Morgan fingerprint density at radius 1 is 0.897 bits per heavy atom. The van der Waals surface area contributed by atoms with Crippen LogP contribution in [0.25, 0.3) is 11.3 Å². The zero-order valence-corrected chi connectivity index (χ0v) is 17.5. The molecule has 0 spiro atoms. The van der Waals surface area contributed by atoms with Crippen molar-refractivity contribution in [2.75, 3.05) is 31.1 Å². The zero-order chi connectivity index (χ0) is 20.4. The molecule has 7 heteroatoms. The summed E-state index contributed by atoms with van der Waals surface area (Å²) in [5.74, 6) is 0.740. The summed E-state index contributed by atoms with van der Waals surface area (Å²) in [4.78, 5) is 16.7. The average molecular weight is 427 g/mol. The third-order valence-electron chi connectivity index (χ3n) is 5.05. The van der Waals surface area contributed by atoms with Crippen LogP contribution in [-0.2, 0) is 0 Å². The number of aromatic nitrogens is 2. The number of carbonyl (C=O) groups is 1. The number of piperazine rings is 1. The van der Waals surface area contributed by atoms with Gasteiger partial charge in [-0.2, -0.15) is 0 Å².